The Morgan fingerprint density at radius 2 is 1.97 bits per heavy atom. The summed E-state index contributed by atoms with van der Waals surface area (Å²) in [6.45, 7) is 2.20. The number of carbonyl (C=O) groups excluding carboxylic acids is 1. The van der Waals surface area contributed by atoms with Crippen LogP contribution in [-0.4, -0.2) is 63.1 Å². The summed E-state index contributed by atoms with van der Waals surface area (Å²) < 4.78 is 5.96. The molecule has 1 saturated heterocycles. The minimum absolute atomic E-state index is 0.0426. The summed E-state index contributed by atoms with van der Waals surface area (Å²) >= 11 is 0. The molecular weight excluding hydrogens is 412 g/mol. The number of amides is 1. The largest absolute Gasteiger partial charge is 0.507 e. The number of ketones is 1. The Morgan fingerprint density at radius 1 is 1.19 bits per heavy atom. The highest BCUT2D eigenvalue weighted by Gasteiger charge is 2.32. The van der Waals surface area contributed by atoms with Crippen LogP contribution in [0.5, 0.6) is 11.5 Å². The number of hydrogen-bond acceptors (Lipinski definition) is 6. The van der Waals surface area contributed by atoms with Crippen molar-refractivity contribution in [2.75, 3.05) is 31.9 Å². The molecule has 3 aromatic rings. The minimum Gasteiger partial charge on any atom is -0.507 e. The molecule has 9 heteroatoms. The Hall–Kier alpha value is -3.98. The van der Waals surface area contributed by atoms with Crippen LogP contribution in [0.1, 0.15) is 21.5 Å². The van der Waals surface area contributed by atoms with Gasteiger partial charge in [0.2, 0.25) is 5.78 Å². The number of aromatic nitrogens is 1. The van der Waals surface area contributed by atoms with Crippen molar-refractivity contribution < 1.29 is 24.5 Å². The van der Waals surface area contributed by atoms with Crippen molar-refractivity contribution in [2.45, 2.75) is 6.54 Å². The number of phenols is 1. The smallest absolute Gasteiger partial charge is 0.407 e. The lowest BCUT2D eigenvalue weighted by atomic mass is 10.0. The first-order valence-electron chi connectivity index (χ1n) is 10.3. The minimum atomic E-state index is -0.934. The Morgan fingerprint density at radius 3 is 2.72 bits per heavy atom. The molecule has 0 atom stereocenters. The quantitative estimate of drug-likeness (QED) is 0.368. The molecule has 5 rings (SSSR count). The Bertz CT molecular complexity index is 1270. The number of hydrogen-bond donors (Lipinski definition) is 4. The summed E-state index contributed by atoms with van der Waals surface area (Å²) in [6.07, 6.45) is 2.54. The van der Waals surface area contributed by atoms with E-state index in [4.69, 9.17) is 15.6 Å². The number of H-pyrrole nitrogens is 1. The number of aromatic hydroxyl groups is 1. The Labute approximate surface area is 183 Å². The van der Waals surface area contributed by atoms with Crippen LogP contribution < -0.4 is 10.5 Å². The van der Waals surface area contributed by atoms with E-state index in [-0.39, 0.29) is 17.3 Å². The van der Waals surface area contributed by atoms with Gasteiger partial charge in [0.05, 0.1) is 11.1 Å². The first-order chi connectivity index (χ1) is 15.4. The van der Waals surface area contributed by atoms with E-state index in [0.717, 1.165) is 16.5 Å². The lowest BCUT2D eigenvalue weighted by molar-refractivity contribution is 0.101. The van der Waals surface area contributed by atoms with Gasteiger partial charge in [-0.3, -0.25) is 9.69 Å². The molecule has 0 saturated carbocycles. The van der Waals surface area contributed by atoms with Crippen LogP contribution in [-0.2, 0) is 6.54 Å². The molecule has 0 radical (unpaired) electrons. The van der Waals surface area contributed by atoms with Crippen LogP contribution in [0, 0.1) is 0 Å². The van der Waals surface area contributed by atoms with Gasteiger partial charge in [0.1, 0.15) is 11.5 Å². The van der Waals surface area contributed by atoms with E-state index in [2.05, 4.69) is 4.98 Å². The molecule has 32 heavy (non-hydrogen) atoms. The number of allylic oxidation sites excluding steroid dienone is 1. The number of rotatable bonds is 3. The predicted molar refractivity (Wildman–Crippen MR) is 119 cm³/mol. The zero-order valence-corrected chi connectivity index (χ0v) is 17.2. The fourth-order valence-corrected chi connectivity index (χ4v) is 4.20. The number of nitrogen functional groups attached to an aromatic ring is 1. The van der Waals surface area contributed by atoms with Gasteiger partial charge in [-0.1, -0.05) is 6.07 Å². The third-order valence-electron chi connectivity index (χ3n) is 5.97. The number of fused-ring (bicyclic) bond motifs is 2. The topological polar surface area (TPSA) is 132 Å². The molecule has 3 heterocycles. The average molecular weight is 434 g/mol. The molecule has 9 nitrogen and oxygen atoms in total. The van der Waals surface area contributed by atoms with Crippen molar-refractivity contribution in [3.8, 4) is 11.5 Å². The molecule has 2 aliphatic rings. The number of Topliss-reactive ketones (excluding diaryl/α,β-unsaturated/α-hetero) is 1. The Kier molecular flexibility index (Phi) is 4.75. The van der Waals surface area contributed by atoms with E-state index in [1.165, 1.54) is 11.0 Å². The summed E-state index contributed by atoms with van der Waals surface area (Å²) in [5, 5.41) is 20.5. The lowest BCUT2D eigenvalue weighted by Crippen LogP contribution is -2.47. The van der Waals surface area contributed by atoms with Gasteiger partial charge in [0, 0.05) is 61.1 Å². The van der Waals surface area contributed by atoms with Crippen molar-refractivity contribution in [1.82, 2.24) is 14.8 Å². The number of anilines is 1. The molecule has 164 valence electrons. The van der Waals surface area contributed by atoms with E-state index in [1.807, 2.05) is 17.0 Å². The number of carbonyl (C=O) groups is 2. The molecule has 0 bridgehead atoms. The summed E-state index contributed by atoms with van der Waals surface area (Å²) in [4.78, 5) is 30.7. The van der Waals surface area contributed by atoms with Crippen molar-refractivity contribution in [3.63, 3.8) is 0 Å². The van der Waals surface area contributed by atoms with Crippen molar-refractivity contribution in [2.24, 2.45) is 0 Å². The van der Waals surface area contributed by atoms with Gasteiger partial charge in [-0.15, -0.1) is 0 Å². The monoisotopic (exact) mass is 434 g/mol. The van der Waals surface area contributed by atoms with Crippen LogP contribution in [0.15, 0.2) is 42.3 Å². The van der Waals surface area contributed by atoms with Crippen LogP contribution in [0.3, 0.4) is 0 Å². The van der Waals surface area contributed by atoms with Crippen molar-refractivity contribution >= 4 is 34.5 Å². The molecule has 1 aromatic heterocycles. The maximum Gasteiger partial charge on any atom is 0.407 e. The summed E-state index contributed by atoms with van der Waals surface area (Å²) in [5.41, 5.74) is 9.06. The van der Waals surface area contributed by atoms with Gasteiger partial charge in [0.25, 0.3) is 0 Å². The van der Waals surface area contributed by atoms with Crippen molar-refractivity contribution in [3.05, 3.63) is 59.0 Å². The molecule has 2 aromatic carbocycles. The molecule has 1 fully saturated rings. The number of nitrogens with two attached hydrogens (primary N) is 1. The number of phenolic OH excluding ortho intramolecular Hbond substituents is 1. The van der Waals surface area contributed by atoms with Gasteiger partial charge in [-0.25, -0.2) is 4.79 Å². The number of carboxylic acid groups (broad SMARTS) is 1. The van der Waals surface area contributed by atoms with Gasteiger partial charge >= 0.3 is 6.09 Å². The number of aromatic amines is 1. The third-order valence-corrected chi connectivity index (χ3v) is 5.97. The number of benzene rings is 2. The van der Waals surface area contributed by atoms with Gasteiger partial charge in [0.15, 0.2) is 5.76 Å². The highest BCUT2D eigenvalue weighted by molar-refractivity contribution is 6.15. The summed E-state index contributed by atoms with van der Waals surface area (Å²) in [5.74, 6) is 0.328. The Balaban J connectivity index is 1.42. The normalized spacial score (nSPS) is 17.7. The molecular formula is C23H22N4O5. The second kappa shape index (κ2) is 7.61. The SMILES string of the molecule is Nc1ccc2c(/C=C3\Oc4c(ccc(O)c4CN4CCN(C(=O)O)CC4)C3=O)c[nH]c2c1. The standard InChI is InChI=1S/C23H22N4O5/c24-14-1-2-15-13(11-25-18(15)10-14)9-20-21(29)16-3-4-19(28)17(22(16)32-20)12-26-5-7-27(8-6-26)23(30)31/h1-4,9-11,25,28H,5-8,12,24H2,(H,30,31)/b20-9-. The molecule has 0 spiro atoms. The second-order valence-electron chi connectivity index (χ2n) is 7.97. The van der Waals surface area contributed by atoms with E-state index in [0.29, 0.717) is 55.3 Å². The van der Waals surface area contributed by atoms with Gasteiger partial charge < -0.3 is 30.6 Å². The van der Waals surface area contributed by atoms with Crippen LogP contribution in [0.2, 0.25) is 0 Å². The van der Waals surface area contributed by atoms with E-state index >= 15 is 0 Å². The zero-order valence-electron chi connectivity index (χ0n) is 17.2. The van der Waals surface area contributed by atoms with Gasteiger partial charge in [-0.05, 0) is 30.3 Å². The van der Waals surface area contributed by atoms with E-state index in [1.54, 1.807) is 24.4 Å². The number of piperazine rings is 1. The number of ether oxygens (including phenoxy) is 1. The highest BCUT2D eigenvalue weighted by atomic mass is 16.5. The third kappa shape index (κ3) is 3.42. The van der Waals surface area contributed by atoms with E-state index in [9.17, 15) is 14.7 Å². The maximum atomic E-state index is 13.0. The first kappa shape index (κ1) is 20.0. The van der Waals surface area contributed by atoms with Crippen LogP contribution in [0.25, 0.3) is 17.0 Å². The summed E-state index contributed by atoms with van der Waals surface area (Å²) in [7, 11) is 0. The number of nitrogens with one attached hydrogen (secondary N) is 1. The molecule has 5 N–H and O–H groups in total. The molecule has 0 unspecified atom stereocenters. The molecule has 1 amide bonds. The fraction of sp³-hybridized carbons (Fsp3) is 0.217. The van der Waals surface area contributed by atoms with E-state index < -0.39 is 6.09 Å². The van der Waals surface area contributed by atoms with Crippen LogP contribution in [0.4, 0.5) is 10.5 Å². The average Bonchev–Trinajstić information content (AvgIpc) is 3.31. The van der Waals surface area contributed by atoms with Crippen molar-refractivity contribution in [1.29, 1.82) is 0 Å². The number of nitrogens with zero attached hydrogens (tertiary/aromatic N) is 2. The van der Waals surface area contributed by atoms with Gasteiger partial charge in [-0.2, -0.15) is 0 Å². The highest BCUT2D eigenvalue weighted by Crippen LogP contribution is 2.40. The zero-order chi connectivity index (χ0) is 22.4. The molecule has 2 aliphatic heterocycles. The summed E-state index contributed by atoms with van der Waals surface area (Å²) in [6, 6.07) is 8.57. The van der Waals surface area contributed by atoms with Crippen LogP contribution >= 0.6 is 0 Å². The predicted octanol–water partition coefficient (Wildman–Crippen LogP) is 2.87. The second-order valence-corrected chi connectivity index (χ2v) is 7.97. The lowest BCUT2D eigenvalue weighted by Gasteiger charge is -2.33. The molecule has 0 aliphatic carbocycles. The first-order valence-corrected chi connectivity index (χ1v) is 10.3. The maximum absolute atomic E-state index is 13.0. The fourth-order valence-electron chi connectivity index (χ4n) is 4.20.